The Balaban J connectivity index is 1.93. The van der Waals surface area contributed by atoms with Gasteiger partial charge in [-0.05, 0) is 18.5 Å². The Labute approximate surface area is 125 Å². The molecular weight excluding hydrogens is 266 g/mol. The number of aromatic hydroxyl groups is 1. The third-order valence-corrected chi connectivity index (χ3v) is 3.35. The Kier molecular flexibility index (Phi) is 5.46. The van der Waals surface area contributed by atoms with Crippen LogP contribution >= 0.6 is 0 Å². The lowest BCUT2D eigenvalue weighted by molar-refractivity contribution is 0.377. The van der Waals surface area contributed by atoms with Crippen LogP contribution in [-0.2, 0) is 13.0 Å². The largest absolute Gasteiger partial charge is 0.507 e. The zero-order valence-electron chi connectivity index (χ0n) is 12.4. The van der Waals surface area contributed by atoms with E-state index >= 15 is 0 Å². The van der Waals surface area contributed by atoms with Crippen molar-refractivity contribution in [1.29, 1.82) is 0 Å². The number of benzene rings is 2. The molecule has 0 bridgehead atoms. The lowest BCUT2D eigenvalue weighted by Gasteiger charge is -2.13. The van der Waals surface area contributed by atoms with Crippen LogP contribution in [0.5, 0.6) is 17.2 Å². The first kappa shape index (κ1) is 15.2. The van der Waals surface area contributed by atoms with Crippen LogP contribution in [0.15, 0.2) is 42.5 Å². The van der Waals surface area contributed by atoms with Crippen LogP contribution in [0.2, 0.25) is 0 Å². The number of hydrogen-bond donors (Lipinski definition) is 2. The van der Waals surface area contributed by atoms with Gasteiger partial charge in [-0.3, -0.25) is 0 Å². The lowest BCUT2D eigenvalue weighted by Crippen LogP contribution is -2.17. The molecule has 0 heterocycles. The summed E-state index contributed by atoms with van der Waals surface area (Å²) < 4.78 is 10.4. The summed E-state index contributed by atoms with van der Waals surface area (Å²) in [5.41, 5.74) is 2.03. The molecule has 2 aromatic carbocycles. The average Bonchev–Trinajstić information content (AvgIpc) is 2.53. The predicted molar refractivity (Wildman–Crippen MR) is 83.1 cm³/mol. The Hall–Kier alpha value is -2.20. The molecule has 0 amide bonds. The zero-order chi connectivity index (χ0) is 15.1. The number of ether oxygens (including phenoxy) is 2. The molecule has 2 aromatic rings. The van der Waals surface area contributed by atoms with Crippen molar-refractivity contribution in [3.05, 3.63) is 53.6 Å². The second-order valence-electron chi connectivity index (χ2n) is 4.74. The minimum atomic E-state index is 0.179. The number of hydrogen-bond acceptors (Lipinski definition) is 4. The molecule has 0 aliphatic heterocycles. The van der Waals surface area contributed by atoms with Crippen molar-refractivity contribution in [2.24, 2.45) is 0 Å². The predicted octanol–water partition coefficient (Wildman–Crippen LogP) is 2.74. The fourth-order valence-electron chi connectivity index (χ4n) is 2.17. The molecule has 0 aliphatic carbocycles. The number of phenolic OH excluding ortho intramolecular Hbond substituents is 1. The maximum atomic E-state index is 10.1. The highest BCUT2D eigenvalue weighted by molar-refractivity contribution is 5.49. The van der Waals surface area contributed by atoms with Crippen molar-refractivity contribution < 1.29 is 14.6 Å². The average molecular weight is 287 g/mol. The molecule has 2 rings (SSSR count). The molecule has 2 N–H and O–H groups in total. The minimum Gasteiger partial charge on any atom is -0.507 e. The van der Waals surface area contributed by atoms with Gasteiger partial charge in [-0.2, -0.15) is 0 Å². The van der Waals surface area contributed by atoms with Gasteiger partial charge in [-0.1, -0.05) is 30.3 Å². The van der Waals surface area contributed by atoms with Gasteiger partial charge in [-0.25, -0.2) is 0 Å². The van der Waals surface area contributed by atoms with E-state index in [0.29, 0.717) is 18.0 Å². The highest BCUT2D eigenvalue weighted by Crippen LogP contribution is 2.32. The van der Waals surface area contributed by atoms with Gasteiger partial charge in [0, 0.05) is 24.2 Å². The minimum absolute atomic E-state index is 0.179. The van der Waals surface area contributed by atoms with Crippen molar-refractivity contribution >= 4 is 0 Å². The summed E-state index contributed by atoms with van der Waals surface area (Å²) in [4.78, 5) is 0. The second-order valence-corrected chi connectivity index (χ2v) is 4.74. The number of nitrogens with one attached hydrogen (secondary N) is 1. The molecule has 112 valence electrons. The molecule has 0 spiro atoms. The van der Waals surface area contributed by atoms with E-state index in [1.807, 2.05) is 18.2 Å². The maximum Gasteiger partial charge on any atom is 0.130 e. The number of phenols is 1. The summed E-state index contributed by atoms with van der Waals surface area (Å²) in [5, 5.41) is 13.4. The molecular formula is C17H21NO3. The first-order valence-corrected chi connectivity index (χ1v) is 6.93. The van der Waals surface area contributed by atoms with E-state index < -0.39 is 0 Å². The zero-order valence-corrected chi connectivity index (χ0v) is 12.4. The first-order valence-electron chi connectivity index (χ1n) is 6.93. The monoisotopic (exact) mass is 287 g/mol. The summed E-state index contributed by atoms with van der Waals surface area (Å²) >= 11 is 0. The van der Waals surface area contributed by atoms with Crippen molar-refractivity contribution in [2.75, 3.05) is 20.8 Å². The van der Waals surface area contributed by atoms with Crippen molar-refractivity contribution in [1.82, 2.24) is 5.32 Å². The molecule has 0 saturated carbocycles. The Bertz CT molecular complexity index is 570. The van der Waals surface area contributed by atoms with E-state index in [0.717, 1.165) is 18.5 Å². The smallest absolute Gasteiger partial charge is 0.130 e. The molecule has 4 nitrogen and oxygen atoms in total. The SMILES string of the molecule is COc1cc(O)c(CNCCc2ccccc2)c(OC)c1. The third kappa shape index (κ3) is 4.13. The Morgan fingerprint density at radius 1 is 1.05 bits per heavy atom. The van der Waals surface area contributed by atoms with Crippen LogP contribution < -0.4 is 14.8 Å². The van der Waals surface area contributed by atoms with Crippen LogP contribution in [-0.4, -0.2) is 25.9 Å². The van der Waals surface area contributed by atoms with E-state index in [-0.39, 0.29) is 5.75 Å². The van der Waals surface area contributed by atoms with Crippen molar-refractivity contribution in [3.63, 3.8) is 0 Å². The first-order chi connectivity index (χ1) is 10.2. The van der Waals surface area contributed by atoms with Crippen LogP contribution in [0, 0.1) is 0 Å². The summed E-state index contributed by atoms with van der Waals surface area (Å²) in [6.07, 6.45) is 0.945. The van der Waals surface area contributed by atoms with Crippen LogP contribution in [0.1, 0.15) is 11.1 Å². The van der Waals surface area contributed by atoms with Gasteiger partial charge in [0.2, 0.25) is 0 Å². The van der Waals surface area contributed by atoms with Gasteiger partial charge in [0.05, 0.1) is 14.2 Å². The molecule has 0 aromatic heterocycles. The second kappa shape index (κ2) is 7.55. The lowest BCUT2D eigenvalue weighted by atomic mass is 10.1. The van der Waals surface area contributed by atoms with Gasteiger partial charge in [-0.15, -0.1) is 0 Å². The van der Waals surface area contributed by atoms with E-state index in [1.54, 1.807) is 26.4 Å². The fourth-order valence-corrected chi connectivity index (χ4v) is 2.17. The van der Waals surface area contributed by atoms with E-state index in [2.05, 4.69) is 17.4 Å². The molecule has 0 unspecified atom stereocenters. The quantitative estimate of drug-likeness (QED) is 0.769. The summed E-state index contributed by atoms with van der Waals surface area (Å²) in [6.45, 7) is 1.38. The summed E-state index contributed by atoms with van der Waals surface area (Å²) in [7, 11) is 3.15. The molecule has 4 heteroatoms. The van der Waals surface area contributed by atoms with E-state index in [1.165, 1.54) is 5.56 Å². The topological polar surface area (TPSA) is 50.7 Å². The summed E-state index contributed by atoms with van der Waals surface area (Å²) in [5.74, 6) is 1.38. The van der Waals surface area contributed by atoms with Gasteiger partial charge < -0.3 is 19.9 Å². The van der Waals surface area contributed by atoms with Gasteiger partial charge in [0.1, 0.15) is 17.2 Å². The van der Waals surface area contributed by atoms with Crippen LogP contribution in [0.3, 0.4) is 0 Å². The van der Waals surface area contributed by atoms with Crippen LogP contribution in [0.25, 0.3) is 0 Å². The molecule has 0 aliphatic rings. The van der Waals surface area contributed by atoms with Crippen molar-refractivity contribution in [2.45, 2.75) is 13.0 Å². The molecule has 0 saturated heterocycles. The van der Waals surface area contributed by atoms with Gasteiger partial charge in [0.25, 0.3) is 0 Å². The van der Waals surface area contributed by atoms with Crippen LogP contribution in [0.4, 0.5) is 0 Å². The van der Waals surface area contributed by atoms with E-state index in [4.69, 9.17) is 9.47 Å². The third-order valence-electron chi connectivity index (χ3n) is 3.35. The number of rotatable bonds is 7. The van der Waals surface area contributed by atoms with E-state index in [9.17, 15) is 5.11 Å². The fraction of sp³-hybridized carbons (Fsp3) is 0.294. The van der Waals surface area contributed by atoms with Crippen molar-refractivity contribution in [3.8, 4) is 17.2 Å². The maximum absolute atomic E-state index is 10.1. The standard InChI is InChI=1S/C17H21NO3/c1-20-14-10-16(19)15(17(11-14)21-2)12-18-9-8-13-6-4-3-5-7-13/h3-7,10-11,18-19H,8-9,12H2,1-2H3. The normalized spacial score (nSPS) is 10.4. The highest BCUT2D eigenvalue weighted by atomic mass is 16.5. The molecule has 0 atom stereocenters. The Morgan fingerprint density at radius 3 is 2.48 bits per heavy atom. The molecule has 21 heavy (non-hydrogen) atoms. The Morgan fingerprint density at radius 2 is 1.81 bits per heavy atom. The molecule has 0 radical (unpaired) electrons. The van der Waals surface area contributed by atoms with Gasteiger partial charge in [0.15, 0.2) is 0 Å². The number of methoxy groups -OCH3 is 2. The molecule has 0 fully saturated rings. The highest BCUT2D eigenvalue weighted by Gasteiger charge is 2.11. The van der Waals surface area contributed by atoms with Gasteiger partial charge >= 0.3 is 0 Å². The summed E-state index contributed by atoms with van der Waals surface area (Å²) in [6, 6.07) is 13.7.